The van der Waals surface area contributed by atoms with E-state index in [1.54, 1.807) is 7.11 Å². The standard InChI is InChI=1S/C18H26N2O4/c1-18(2,3)15-11-16(21)20(17(22)19-15)8-9-24-12-13-6-5-7-14(10-13)23-4/h5-7,10,15H,8-9,11-12H2,1-4H3,(H,19,22)/t15-/m1/s1. The van der Waals surface area contributed by atoms with E-state index in [-0.39, 0.29) is 29.9 Å². The third-order valence-electron chi connectivity index (χ3n) is 4.13. The lowest BCUT2D eigenvalue weighted by atomic mass is 9.83. The Morgan fingerprint density at radius 3 is 2.67 bits per heavy atom. The zero-order chi connectivity index (χ0) is 17.7. The Kier molecular flexibility index (Phi) is 5.83. The molecule has 0 aliphatic carbocycles. The lowest BCUT2D eigenvalue weighted by molar-refractivity contribution is -0.131. The maximum atomic E-state index is 12.2. The van der Waals surface area contributed by atoms with Crippen LogP contribution in [0.5, 0.6) is 5.75 Å². The molecule has 1 atom stereocenters. The van der Waals surface area contributed by atoms with E-state index in [1.807, 2.05) is 45.0 Å². The lowest BCUT2D eigenvalue weighted by Gasteiger charge is -2.38. The lowest BCUT2D eigenvalue weighted by Crippen LogP contribution is -2.58. The van der Waals surface area contributed by atoms with E-state index in [4.69, 9.17) is 9.47 Å². The quantitative estimate of drug-likeness (QED) is 0.812. The van der Waals surface area contributed by atoms with Crippen molar-refractivity contribution in [3.05, 3.63) is 29.8 Å². The Morgan fingerprint density at radius 1 is 1.29 bits per heavy atom. The Morgan fingerprint density at radius 2 is 2.04 bits per heavy atom. The van der Waals surface area contributed by atoms with Gasteiger partial charge in [0.1, 0.15) is 5.75 Å². The SMILES string of the molecule is COc1cccc(COCCN2C(=O)C[C@H](C(C)(C)C)NC2=O)c1. The summed E-state index contributed by atoms with van der Waals surface area (Å²) in [6, 6.07) is 7.13. The average Bonchev–Trinajstić information content (AvgIpc) is 2.52. The number of methoxy groups -OCH3 is 1. The van der Waals surface area contributed by atoms with E-state index in [1.165, 1.54) is 4.90 Å². The molecule has 1 saturated heterocycles. The summed E-state index contributed by atoms with van der Waals surface area (Å²) < 4.78 is 10.7. The van der Waals surface area contributed by atoms with E-state index in [9.17, 15) is 9.59 Å². The second kappa shape index (κ2) is 7.66. The average molecular weight is 334 g/mol. The van der Waals surface area contributed by atoms with Gasteiger partial charge in [0, 0.05) is 12.5 Å². The normalized spacial score (nSPS) is 18.5. The zero-order valence-electron chi connectivity index (χ0n) is 14.8. The van der Waals surface area contributed by atoms with Crippen molar-refractivity contribution in [3.8, 4) is 5.75 Å². The second-order valence-corrected chi connectivity index (χ2v) is 7.02. The first-order chi connectivity index (χ1) is 11.3. The van der Waals surface area contributed by atoms with Crippen molar-refractivity contribution in [2.75, 3.05) is 20.3 Å². The number of ether oxygens (including phenoxy) is 2. The summed E-state index contributed by atoms with van der Waals surface area (Å²) in [5.41, 5.74) is 0.844. The van der Waals surface area contributed by atoms with Gasteiger partial charge in [-0.2, -0.15) is 0 Å². The molecule has 0 unspecified atom stereocenters. The summed E-state index contributed by atoms with van der Waals surface area (Å²) >= 11 is 0. The minimum Gasteiger partial charge on any atom is -0.497 e. The number of urea groups is 1. The smallest absolute Gasteiger partial charge is 0.324 e. The van der Waals surface area contributed by atoms with E-state index in [2.05, 4.69) is 5.32 Å². The van der Waals surface area contributed by atoms with Gasteiger partial charge in [-0.3, -0.25) is 9.69 Å². The van der Waals surface area contributed by atoms with Crippen LogP contribution < -0.4 is 10.1 Å². The van der Waals surface area contributed by atoms with E-state index >= 15 is 0 Å². The van der Waals surface area contributed by atoms with Crippen LogP contribution in [-0.4, -0.2) is 43.1 Å². The number of rotatable bonds is 6. The molecule has 6 nitrogen and oxygen atoms in total. The zero-order valence-corrected chi connectivity index (χ0v) is 14.8. The number of hydrogen-bond donors (Lipinski definition) is 1. The van der Waals surface area contributed by atoms with Gasteiger partial charge in [-0.15, -0.1) is 0 Å². The molecule has 132 valence electrons. The first-order valence-corrected chi connectivity index (χ1v) is 8.13. The van der Waals surface area contributed by atoms with Crippen molar-refractivity contribution in [1.82, 2.24) is 10.2 Å². The molecule has 2 rings (SSSR count). The van der Waals surface area contributed by atoms with Crippen molar-refractivity contribution in [3.63, 3.8) is 0 Å². The number of carbonyl (C=O) groups is 2. The van der Waals surface area contributed by atoms with Crippen molar-refractivity contribution in [1.29, 1.82) is 0 Å². The third-order valence-corrected chi connectivity index (χ3v) is 4.13. The molecule has 0 bridgehead atoms. The summed E-state index contributed by atoms with van der Waals surface area (Å²) in [6.45, 7) is 7.00. The number of nitrogens with zero attached hydrogens (tertiary/aromatic N) is 1. The van der Waals surface area contributed by atoms with E-state index in [0.717, 1.165) is 11.3 Å². The van der Waals surface area contributed by atoms with Crippen molar-refractivity contribution >= 4 is 11.9 Å². The number of amides is 3. The van der Waals surface area contributed by atoms with Crippen LogP contribution in [0.4, 0.5) is 4.79 Å². The van der Waals surface area contributed by atoms with Gasteiger partial charge in [0.2, 0.25) is 5.91 Å². The summed E-state index contributed by atoms with van der Waals surface area (Å²) in [5, 5.41) is 2.90. The molecule has 1 heterocycles. The number of nitrogens with one attached hydrogen (secondary N) is 1. The molecule has 24 heavy (non-hydrogen) atoms. The predicted molar refractivity (Wildman–Crippen MR) is 90.8 cm³/mol. The fraction of sp³-hybridized carbons (Fsp3) is 0.556. The molecule has 0 aromatic heterocycles. The molecule has 1 aliphatic rings. The van der Waals surface area contributed by atoms with Gasteiger partial charge < -0.3 is 14.8 Å². The summed E-state index contributed by atoms with van der Waals surface area (Å²) in [4.78, 5) is 25.6. The van der Waals surface area contributed by atoms with Crippen LogP contribution in [0.1, 0.15) is 32.8 Å². The molecular weight excluding hydrogens is 308 g/mol. The van der Waals surface area contributed by atoms with Crippen molar-refractivity contribution < 1.29 is 19.1 Å². The molecule has 1 aliphatic heterocycles. The van der Waals surface area contributed by atoms with E-state index < -0.39 is 0 Å². The minimum absolute atomic E-state index is 0.133. The molecule has 3 amide bonds. The van der Waals surface area contributed by atoms with Gasteiger partial charge in [-0.05, 0) is 23.1 Å². The van der Waals surface area contributed by atoms with Crippen LogP contribution in [0.25, 0.3) is 0 Å². The summed E-state index contributed by atoms with van der Waals surface area (Å²) in [5.74, 6) is 0.624. The van der Waals surface area contributed by atoms with Crippen LogP contribution in [0.15, 0.2) is 24.3 Å². The Balaban J connectivity index is 1.80. The third kappa shape index (κ3) is 4.71. The fourth-order valence-electron chi connectivity index (χ4n) is 2.53. The maximum Gasteiger partial charge on any atom is 0.324 e. The van der Waals surface area contributed by atoms with Crippen LogP contribution >= 0.6 is 0 Å². The number of imide groups is 1. The molecular formula is C18H26N2O4. The van der Waals surface area contributed by atoms with Gasteiger partial charge in [-0.25, -0.2) is 4.79 Å². The monoisotopic (exact) mass is 334 g/mol. The first-order valence-electron chi connectivity index (χ1n) is 8.13. The highest BCUT2D eigenvalue weighted by Crippen LogP contribution is 2.25. The van der Waals surface area contributed by atoms with Crippen LogP contribution in [0.2, 0.25) is 0 Å². The van der Waals surface area contributed by atoms with Gasteiger partial charge in [0.05, 0.1) is 26.9 Å². The van der Waals surface area contributed by atoms with Gasteiger partial charge in [-0.1, -0.05) is 32.9 Å². The molecule has 1 aromatic rings. The van der Waals surface area contributed by atoms with Crippen molar-refractivity contribution in [2.45, 2.75) is 39.8 Å². The maximum absolute atomic E-state index is 12.2. The van der Waals surface area contributed by atoms with Gasteiger partial charge >= 0.3 is 6.03 Å². The summed E-state index contributed by atoms with van der Waals surface area (Å²) in [7, 11) is 1.62. The first kappa shape index (κ1) is 18.3. The molecule has 0 saturated carbocycles. The molecule has 0 spiro atoms. The Hall–Kier alpha value is -2.08. The molecule has 0 radical (unpaired) electrons. The highest BCUT2D eigenvalue weighted by Gasteiger charge is 2.37. The molecule has 1 fully saturated rings. The van der Waals surface area contributed by atoms with Crippen molar-refractivity contribution in [2.24, 2.45) is 5.41 Å². The number of benzene rings is 1. The highest BCUT2D eigenvalue weighted by molar-refractivity contribution is 5.97. The Labute approximate surface area is 143 Å². The minimum atomic E-state index is -0.337. The fourth-order valence-corrected chi connectivity index (χ4v) is 2.53. The topological polar surface area (TPSA) is 67.9 Å². The van der Waals surface area contributed by atoms with Crippen LogP contribution in [0.3, 0.4) is 0 Å². The predicted octanol–water partition coefficient (Wildman–Crippen LogP) is 2.57. The van der Waals surface area contributed by atoms with Crippen LogP contribution in [-0.2, 0) is 16.1 Å². The van der Waals surface area contributed by atoms with Gasteiger partial charge in [0.25, 0.3) is 0 Å². The largest absolute Gasteiger partial charge is 0.497 e. The van der Waals surface area contributed by atoms with Crippen LogP contribution in [0, 0.1) is 5.41 Å². The molecule has 6 heteroatoms. The number of hydrogen-bond acceptors (Lipinski definition) is 4. The highest BCUT2D eigenvalue weighted by atomic mass is 16.5. The Bertz CT molecular complexity index is 577. The second-order valence-electron chi connectivity index (χ2n) is 7.02. The van der Waals surface area contributed by atoms with E-state index in [0.29, 0.717) is 19.6 Å². The molecule has 1 aromatic carbocycles. The summed E-state index contributed by atoms with van der Waals surface area (Å²) in [6.07, 6.45) is 0.325. The van der Waals surface area contributed by atoms with Gasteiger partial charge in [0.15, 0.2) is 0 Å². The molecule has 1 N–H and O–H groups in total. The number of carbonyl (C=O) groups excluding carboxylic acids is 2.